The van der Waals surface area contributed by atoms with Gasteiger partial charge in [0.2, 0.25) is 0 Å². The fourth-order valence-electron chi connectivity index (χ4n) is 1.97. The Hall–Kier alpha value is -2.96. The Labute approximate surface area is 119 Å². The van der Waals surface area contributed by atoms with Gasteiger partial charge in [-0.25, -0.2) is 4.79 Å². The van der Waals surface area contributed by atoms with Crippen LogP contribution in [-0.2, 0) is 18.5 Å². The largest absolute Gasteiger partial charge is 0.437 e. The zero-order valence-corrected chi connectivity index (χ0v) is 11.3. The lowest BCUT2D eigenvalue weighted by Gasteiger charge is -2.07. The zero-order chi connectivity index (χ0) is 14.8. The summed E-state index contributed by atoms with van der Waals surface area (Å²) in [5, 5.41) is 8.10. The average Bonchev–Trinajstić information content (AvgIpc) is 2.93. The first-order chi connectivity index (χ1) is 10.2. The Morgan fingerprint density at radius 1 is 1.24 bits per heavy atom. The van der Waals surface area contributed by atoms with Crippen molar-refractivity contribution in [2.24, 2.45) is 7.05 Å². The molecule has 2 aromatic heterocycles. The van der Waals surface area contributed by atoms with Crippen molar-refractivity contribution in [3.05, 3.63) is 58.6 Å². The first-order valence-corrected chi connectivity index (χ1v) is 6.28. The van der Waals surface area contributed by atoms with Crippen molar-refractivity contribution < 1.29 is 9.53 Å². The van der Waals surface area contributed by atoms with Gasteiger partial charge in [-0.05, 0) is 24.3 Å². The number of fused-ring (bicyclic) bond motifs is 1. The van der Waals surface area contributed by atoms with E-state index < -0.39 is 5.97 Å². The van der Waals surface area contributed by atoms with Gasteiger partial charge in [0, 0.05) is 13.2 Å². The topological polar surface area (TPSA) is 79.0 Å². The van der Waals surface area contributed by atoms with Crippen molar-refractivity contribution in [1.29, 1.82) is 0 Å². The number of rotatable bonds is 3. The van der Waals surface area contributed by atoms with Crippen molar-refractivity contribution in [3.8, 4) is 0 Å². The molecule has 3 rings (SSSR count). The van der Waals surface area contributed by atoms with Crippen molar-refractivity contribution >= 4 is 16.9 Å². The van der Waals surface area contributed by atoms with Gasteiger partial charge < -0.3 is 9.30 Å². The number of aromatic nitrogens is 4. The van der Waals surface area contributed by atoms with Gasteiger partial charge in [0.15, 0.2) is 6.73 Å². The molecule has 21 heavy (non-hydrogen) atoms. The van der Waals surface area contributed by atoms with Crippen LogP contribution in [0.3, 0.4) is 0 Å². The molecule has 0 bridgehead atoms. The molecule has 2 heterocycles. The molecule has 0 spiro atoms. The molecule has 106 valence electrons. The van der Waals surface area contributed by atoms with Gasteiger partial charge in [-0.1, -0.05) is 17.3 Å². The van der Waals surface area contributed by atoms with Gasteiger partial charge in [-0.2, -0.15) is 4.68 Å². The Morgan fingerprint density at radius 3 is 2.81 bits per heavy atom. The molecule has 0 aliphatic heterocycles. The number of hydrogen-bond donors (Lipinski definition) is 0. The molecule has 0 saturated carbocycles. The van der Waals surface area contributed by atoms with E-state index in [1.165, 1.54) is 0 Å². The second-order valence-electron chi connectivity index (χ2n) is 4.48. The molecule has 7 nitrogen and oxygen atoms in total. The summed E-state index contributed by atoms with van der Waals surface area (Å²) in [4.78, 5) is 24.0. The summed E-state index contributed by atoms with van der Waals surface area (Å²) in [5.74, 6) is -0.524. The van der Waals surface area contributed by atoms with Crippen LogP contribution in [0, 0.1) is 0 Å². The van der Waals surface area contributed by atoms with E-state index >= 15 is 0 Å². The third-order valence-corrected chi connectivity index (χ3v) is 3.10. The van der Waals surface area contributed by atoms with Crippen LogP contribution in [0.4, 0.5) is 0 Å². The summed E-state index contributed by atoms with van der Waals surface area (Å²) in [6, 6.07) is 10.2. The molecule has 7 heteroatoms. The number of benzene rings is 1. The summed E-state index contributed by atoms with van der Waals surface area (Å²) >= 11 is 0. The van der Waals surface area contributed by atoms with Crippen LogP contribution in [-0.4, -0.2) is 25.5 Å². The minimum absolute atomic E-state index is 0.277. The van der Waals surface area contributed by atoms with E-state index in [4.69, 9.17) is 4.74 Å². The first-order valence-electron chi connectivity index (χ1n) is 6.28. The summed E-state index contributed by atoms with van der Waals surface area (Å²) in [5.41, 5.74) is 0.560. The first kappa shape index (κ1) is 13.0. The highest BCUT2D eigenvalue weighted by atomic mass is 16.5. The monoisotopic (exact) mass is 284 g/mol. The summed E-state index contributed by atoms with van der Waals surface area (Å²) < 4.78 is 7.74. The quantitative estimate of drug-likeness (QED) is 0.669. The Balaban J connectivity index is 1.83. The number of carbonyl (C=O) groups excluding carboxylic acids is 1. The second kappa shape index (κ2) is 5.20. The molecular weight excluding hydrogens is 272 g/mol. The van der Waals surface area contributed by atoms with Gasteiger partial charge in [0.1, 0.15) is 11.2 Å². The standard InChI is InChI=1S/C14H12N4O3/c1-17-8-4-7-12(17)14(20)21-9-18-13(19)10-5-2-3-6-11(10)15-16-18/h2-8H,9H2,1H3. The van der Waals surface area contributed by atoms with Crippen LogP contribution in [0.1, 0.15) is 10.5 Å². The van der Waals surface area contributed by atoms with E-state index in [1.54, 1.807) is 54.2 Å². The van der Waals surface area contributed by atoms with Gasteiger partial charge in [-0.3, -0.25) is 4.79 Å². The average molecular weight is 284 g/mol. The molecule has 0 fully saturated rings. The fraction of sp³-hybridized carbons (Fsp3) is 0.143. The SMILES string of the molecule is Cn1cccc1C(=O)OCn1nnc2ccccc2c1=O. The molecule has 0 aliphatic carbocycles. The third-order valence-electron chi connectivity index (χ3n) is 3.10. The number of aryl methyl sites for hydroxylation is 1. The summed E-state index contributed by atoms with van der Waals surface area (Å²) in [7, 11) is 1.73. The van der Waals surface area contributed by atoms with E-state index in [0.29, 0.717) is 16.6 Å². The van der Waals surface area contributed by atoms with Crippen LogP contribution in [0.5, 0.6) is 0 Å². The zero-order valence-electron chi connectivity index (χ0n) is 11.3. The van der Waals surface area contributed by atoms with Crippen molar-refractivity contribution in [2.75, 3.05) is 0 Å². The van der Waals surface area contributed by atoms with Crippen molar-refractivity contribution in [2.45, 2.75) is 6.73 Å². The van der Waals surface area contributed by atoms with Crippen molar-refractivity contribution in [3.63, 3.8) is 0 Å². The van der Waals surface area contributed by atoms with Crippen LogP contribution in [0.25, 0.3) is 10.9 Å². The number of ether oxygens (including phenoxy) is 1. The minimum Gasteiger partial charge on any atom is -0.437 e. The molecule has 0 atom stereocenters. The normalized spacial score (nSPS) is 10.7. The van der Waals surface area contributed by atoms with Gasteiger partial charge in [0.25, 0.3) is 5.56 Å². The molecule has 0 aliphatic rings. The van der Waals surface area contributed by atoms with Crippen LogP contribution >= 0.6 is 0 Å². The van der Waals surface area contributed by atoms with Gasteiger partial charge >= 0.3 is 5.97 Å². The molecular formula is C14H12N4O3. The highest BCUT2D eigenvalue weighted by Gasteiger charge is 2.12. The maximum atomic E-state index is 12.2. The predicted molar refractivity (Wildman–Crippen MR) is 74.6 cm³/mol. The fourth-order valence-corrected chi connectivity index (χ4v) is 1.97. The van der Waals surface area contributed by atoms with E-state index in [2.05, 4.69) is 10.3 Å². The molecule has 3 aromatic rings. The maximum Gasteiger partial charge on any atom is 0.356 e. The molecule has 0 amide bonds. The summed E-state index contributed by atoms with van der Waals surface area (Å²) in [6.45, 7) is -0.277. The second-order valence-corrected chi connectivity index (χ2v) is 4.48. The Bertz CT molecular complexity index is 866. The van der Waals surface area contributed by atoms with Gasteiger partial charge in [-0.15, -0.1) is 5.10 Å². The lowest BCUT2D eigenvalue weighted by Crippen LogP contribution is -2.26. The Morgan fingerprint density at radius 2 is 2.05 bits per heavy atom. The lowest BCUT2D eigenvalue weighted by molar-refractivity contribution is 0.0325. The van der Waals surface area contributed by atoms with Crippen molar-refractivity contribution in [1.82, 2.24) is 19.6 Å². The predicted octanol–water partition coefficient (Wildman–Crippen LogP) is 0.944. The molecule has 0 N–H and O–H groups in total. The van der Waals surface area contributed by atoms with Crippen LogP contribution in [0.15, 0.2) is 47.4 Å². The van der Waals surface area contributed by atoms with Crippen LogP contribution < -0.4 is 5.56 Å². The summed E-state index contributed by atoms with van der Waals surface area (Å²) in [6.07, 6.45) is 1.73. The third kappa shape index (κ3) is 2.40. The molecule has 0 unspecified atom stereocenters. The number of carbonyl (C=O) groups is 1. The smallest absolute Gasteiger partial charge is 0.356 e. The van der Waals surface area contributed by atoms with E-state index in [0.717, 1.165) is 4.68 Å². The van der Waals surface area contributed by atoms with E-state index in [9.17, 15) is 9.59 Å². The highest BCUT2D eigenvalue weighted by molar-refractivity contribution is 5.87. The molecule has 1 aromatic carbocycles. The van der Waals surface area contributed by atoms with Gasteiger partial charge in [0.05, 0.1) is 5.39 Å². The molecule has 0 saturated heterocycles. The minimum atomic E-state index is -0.524. The number of esters is 1. The number of nitrogens with zero attached hydrogens (tertiary/aromatic N) is 4. The van der Waals surface area contributed by atoms with E-state index in [-0.39, 0.29) is 12.3 Å². The van der Waals surface area contributed by atoms with E-state index in [1.807, 2.05) is 0 Å². The van der Waals surface area contributed by atoms with Crippen LogP contribution in [0.2, 0.25) is 0 Å². The highest BCUT2D eigenvalue weighted by Crippen LogP contribution is 2.05. The number of hydrogen-bond acceptors (Lipinski definition) is 5. The molecule has 0 radical (unpaired) electrons. The lowest BCUT2D eigenvalue weighted by atomic mass is 10.2. The Kier molecular flexibility index (Phi) is 3.23. The maximum absolute atomic E-state index is 12.2.